The van der Waals surface area contributed by atoms with E-state index in [4.69, 9.17) is 4.74 Å². The van der Waals surface area contributed by atoms with Gasteiger partial charge in [0.15, 0.2) is 11.8 Å². The summed E-state index contributed by atoms with van der Waals surface area (Å²) in [6, 6.07) is 7.71. The minimum atomic E-state index is 0. The van der Waals surface area contributed by atoms with Gasteiger partial charge in [0.1, 0.15) is 11.6 Å². The van der Waals surface area contributed by atoms with E-state index in [9.17, 15) is 0 Å². The molecular formula is C20H31IN6O. The highest BCUT2D eigenvalue weighted by Gasteiger charge is 2.31. The second-order valence-electron chi connectivity index (χ2n) is 7.17. The first-order chi connectivity index (χ1) is 13.2. The highest BCUT2D eigenvalue weighted by atomic mass is 127. The number of benzene rings is 1. The number of rotatable bonds is 7. The predicted molar refractivity (Wildman–Crippen MR) is 123 cm³/mol. The summed E-state index contributed by atoms with van der Waals surface area (Å²) in [5, 5.41) is 14.1. The molecule has 3 rings (SSSR count). The van der Waals surface area contributed by atoms with Crippen molar-refractivity contribution in [3.8, 4) is 17.1 Å². The van der Waals surface area contributed by atoms with Crippen molar-refractivity contribution in [1.29, 1.82) is 0 Å². The SMILES string of the molecule is CCC1(CNC(=NC)NCc2nc(-c3ccc(OC)cc3)n[nH]2)CCCC1.I. The molecule has 3 N–H and O–H groups in total. The van der Waals surface area contributed by atoms with E-state index in [1.165, 1.54) is 32.1 Å². The molecule has 0 aliphatic heterocycles. The Labute approximate surface area is 184 Å². The van der Waals surface area contributed by atoms with Crippen molar-refractivity contribution in [1.82, 2.24) is 25.8 Å². The largest absolute Gasteiger partial charge is 0.497 e. The first-order valence-electron chi connectivity index (χ1n) is 9.68. The van der Waals surface area contributed by atoms with Gasteiger partial charge in [-0.15, -0.1) is 24.0 Å². The Bertz CT molecular complexity index is 752. The average molecular weight is 498 g/mol. The van der Waals surface area contributed by atoms with Crippen LogP contribution in [0.25, 0.3) is 11.4 Å². The number of ether oxygens (including phenoxy) is 1. The second-order valence-corrected chi connectivity index (χ2v) is 7.17. The van der Waals surface area contributed by atoms with Gasteiger partial charge in [0.05, 0.1) is 13.7 Å². The van der Waals surface area contributed by atoms with Crippen LogP contribution in [0.5, 0.6) is 5.75 Å². The maximum Gasteiger partial charge on any atom is 0.191 e. The van der Waals surface area contributed by atoms with Crippen LogP contribution in [-0.2, 0) is 6.54 Å². The van der Waals surface area contributed by atoms with Gasteiger partial charge in [0, 0.05) is 19.2 Å². The van der Waals surface area contributed by atoms with E-state index >= 15 is 0 Å². The van der Waals surface area contributed by atoms with Gasteiger partial charge in [-0.1, -0.05) is 19.8 Å². The summed E-state index contributed by atoms with van der Waals surface area (Å²) in [5.41, 5.74) is 1.37. The molecule has 1 fully saturated rings. The third-order valence-corrected chi connectivity index (χ3v) is 5.57. The van der Waals surface area contributed by atoms with Gasteiger partial charge in [-0.3, -0.25) is 10.1 Å². The Morgan fingerprint density at radius 2 is 1.93 bits per heavy atom. The predicted octanol–water partition coefficient (Wildman–Crippen LogP) is 3.73. The highest BCUT2D eigenvalue weighted by molar-refractivity contribution is 14.0. The zero-order valence-electron chi connectivity index (χ0n) is 16.9. The Balaban J connectivity index is 0.00000280. The zero-order valence-corrected chi connectivity index (χ0v) is 19.2. The van der Waals surface area contributed by atoms with Gasteiger partial charge >= 0.3 is 0 Å². The maximum atomic E-state index is 5.18. The molecular weight excluding hydrogens is 467 g/mol. The third-order valence-electron chi connectivity index (χ3n) is 5.57. The average Bonchev–Trinajstić information content (AvgIpc) is 3.38. The van der Waals surface area contributed by atoms with Crippen LogP contribution in [0, 0.1) is 5.41 Å². The number of guanidine groups is 1. The van der Waals surface area contributed by atoms with E-state index in [2.05, 4.69) is 37.7 Å². The van der Waals surface area contributed by atoms with Crippen molar-refractivity contribution in [2.45, 2.75) is 45.6 Å². The lowest BCUT2D eigenvalue weighted by Crippen LogP contribution is -2.42. The molecule has 0 atom stereocenters. The van der Waals surface area contributed by atoms with Crippen LogP contribution < -0.4 is 15.4 Å². The molecule has 7 nitrogen and oxygen atoms in total. The first kappa shape index (κ1) is 22.4. The lowest BCUT2D eigenvalue weighted by Gasteiger charge is -2.28. The maximum absolute atomic E-state index is 5.18. The van der Waals surface area contributed by atoms with Crippen molar-refractivity contribution in [2.75, 3.05) is 20.7 Å². The van der Waals surface area contributed by atoms with E-state index in [1.807, 2.05) is 24.3 Å². The summed E-state index contributed by atoms with van der Waals surface area (Å²) >= 11 is 0. The monoisotopic (exact) mass is 498 g/mol. The van der Waals surface area contributed by atoms with Gasteiger partial charge in [-0.2, -0.15) is 5.10 Å². The van der Waals surface area contributed by atoms with Crippen molar-refractivity contribution >= 4 is 29.9 Å². The van der Waals surface area contributed by atoms with Crippen molar-refractivity contribution < 1.29 is 4.74 Å². The molecule has 28 heavy (non-hydrogen) atoms. The number of aromatic nitrogens is 3. The third kappa shape index (κ3) is 5.59. The number of methoxy groups -OCH3 is 1. The Hall–Kier alpha value is -1.84. The molecule has 0 unspecified atom stereocenters. The molecule has 0 amide bonds. The van der Waals surface area contributed by atoms with E-state index in [-0.39, 0.29) is 24.0 Å². The van der Waals surface area contributed by atoms with Crippen molar-refractivity contribution in [3.63, 3.8) is 0 Å². The lowest BCUT2D eigenvalue weighted by atomic mass is 9.83. The van der Waals surface area contributed by atoms with Gasteiger partial charge in [0.25, 0.3) is 0 Å². The topological polar surface area (TPSA) is 87.2 Å². The number of hydrogen-bond acceptors (Lipinski definition) is 4. The minimum Gasteiger partial charge on any atom is -0.497 e. The smallest absolute Gasteiger partial charge is 0.191 e. The summed E-state index contributed by atoms with van der Waals surface area (Å²) in [7, 11) is 3.45. The highest BCUT2D eigenvalue weighted by Crippen LogP contribution is 2.40. The Morgan fingerprint density at radius 3 is 2.54 bits per heavy atom. The quantitative estimate of drug-likeness (QED) is 0.308. The molecule has 0 spiro atoms. The molecule has 2 aromatic rings. The van der Waals surface area contributed by atoms with E-state index in [1.54, 1.807) is 14.2 Å². The number of aromatic amines is 1. The molecule has 8 heteroatoms. The number of aliphatic imine (C=N–C) groups is 1. The molecule has 154 valence electrons. The summed E-state index contributed by atoms with van der Waals surface area (Å²) in [5.74, 6) is 3.07. The van der Waals surface area contributed by atoms with Crippen LogP contribution in [0.1, 0.15) is 44.9 Å². The van der Waals surface area contributed by atoms with Crippen molar-refractivity contribution in [3.05, 3.63) is 30.1 Å². The molecule has 1 heterocycles. The molecule has 1 saturated carbocycles. The number of hydrogen-bond donors (Lipinski definition) is 3. The molecule has 1 aromatic heterocycles. The number of nitrogens with zero attached hydrogens (tertiary/aromatic N) is 3. The summed E-state index contributed by atoms with van der Waals surface area (Å²) in [6.45, 7) is 3.80. The van der Waals surface area contributed by atoms with Gasteiger partial charge in [-0.25, -0.2) is 4.98 Å². The normalized spacial score (nSPS) is 15.8. The molecule has 1 aliphatic carbocycles. The summed E-state index contributed by atoms with van der Waals surface area (Å²) < 4.78 is 5.18. The Morgan fingerprint density at radius 1 is 1.21 bits per heavy atom. The fourth-order valence-electron chi connectivity index (χ4n) is 3.68. The second kappa shape index (κ2) is 10.6. The number of halogens is 1. The van der Waals surface area contributed by atoms with Crippen LogP contribution >= 0.6 is 24.0 Å². The van der Waals surface area contributed by atoms with Crippen molar-refractivity contribution in [2.24, 2.45) is 10.4 Å². The number of nitrogens with one attached hydrogen (secondary N) is 3. The van der Waals surface area contributed by atoms with Crippen LogP contribution in [-0.4, -0.2) is 41.8 Å². The van der Waals surface area contributed by atoms with Crippen LogP contribution in [0.4, 0.5) is 0 Å². The summed E-state index contributed by atoms with van der Waals surface area (Å²) in [6.07, 6.45) is 6.51. The Kier molecular flexibility index (Phi) is 8.53. The van der Waals surface area contributed by atoms with E-state index < -0.39 is 0 Å². The molecule has 1 aromatic carbocycles. The zero-order chi connectivity index (χ0) is 19.1. The van der Waals surface area contributed by atoms with Crippen LogP contribution in [0.3, 0.4) is 0 Å². The molecule has 0 radical (unpaired) electrons. The first-order valence-corrected chi connectivity index (χ1v) is 9.68. The minimum absolute atomic E-state index is 0. The standard InChI is InChI=1S/C20H30N6O.HI/c1-4-20(11-5-6-12-20)14-23-19(21-2)22-13-17-24-18(26-25-17)15-7-9-16(27-3)10-8-15;/h7-10H,4-6,11-14H2,1-3H3,(H2,21,22,23)(H,24,25,26);1H. The van der Waals surface area contributed by atoms with E-state index in [0.717, 1.165) is 29.6 Å². The summed E-state index contributed by atoms with van der Waals surface area (Å²) in [4.78, 5) is 8.89. The van der Waals surface area contributed by atoms with E-state index in [0.29, 0.717) is 17.8 Å². The fraction of sp³-hybridized carbons (Fsp3) is 0.550. The van der Waals surface area contributed by atoms with Gasteiger partial charge in [-0.05, 0) is 48.9 Å². The van der Waals surface area contributed by atoms with Gasteiger partial charge in [0.2, 0.25) is 0 Å². The number of H-pyrrole nitrogens is 1. The fourth-order valence-corrected chi connectivity index (χ4v) is 3.68. The molecule has 1 aliphatic rings. The molecule has 0 bridgehead atoms. The molecule has 0 saturated heterocycles. The van der Waals surface area contributed by atoms with Gasteiger partial charge < -0.3 is 15.4 Å². The van der Waals surface area contributed by atoms with Crippen LogP contribution in [0.2, 0.25) is 0 Å². The lowest BCUT2D eigenvalue weighted by molar-refractivity contribution is 0.283. The van der Waals surface area contributed by atoms with Crippen LogP contribution in [0.15, 0.2) is 29.3 Å².